The van der Waals surface area contributed by atoms with Crippen LogP contribution in [-0.2, 0) is 4.87 Å². The van der Waals surface area contributed by atoms with Crippen LogP contribution in [0.2, 0.25) is 0 Å². The van der Waals surface area contributed by atoms with Gasteiger partial charge >= 0.3 is 0 Å². The highest BCUT2D eigenvalue weighted by molar-refractivity contribution is 6.24. The zero-order chi connectivity index (χ0) is 14.0. The number of aliphatic hydroxyl groups is 1. The van der Waals surface area contributed by atoms with Crippen LogP contribution in [0.4, 0.5) is 0 Å². The van der Waals surface area contributed by atoms with Gasteiger partial charge in [-0.2, -0.15) is 0 Å². The van der Waals surface area contributed by atoms with Gasteiger partial charge in [-0.15, -0.1) is 11.6 Å². The fraction of sp³-hybridized carbons (Fsp3) is 0.647. The first-order chi connectivity index (χ1) is 9.23. The summed E-state index contributed by atoms with van der Waals surface area (Å²) in [5.74, 6) is 0. The Kier molecular flexibility index (Phi) is 8.16. The molecule has 0 amide bonds. The van der Waals surface area contributed by atoms with Gasteiger partial charge in [0.15, 0.2) is 0 Å². The lowest BCUT2D eigenvalue weighted by molar-refractivity contribution is 0.260. The lowest BCUT2D eigenvalue weighted by atomic mass is 9.89. The summed E-state index contributed by atoms with van der Waals surface area (Å²) in [7, 11) is 0. The lowest BCUT2D eigenvalue weighted by Crippen LogP contribution is -2.20. The molecule has 1 nitrogen and oxygen atoms in total. The average molecular weight is 283 g/mol. The van der Waals surface area contributed by atoms with Crippen LogP contribution in [0.5, 0.6) is 0 Å². The third-order valence-electron chi connectivity index (χ3n) is 3.73. The van der Waals surface area contributed by atoms with Crippen LogP contribution in [0.15, 0.2) is 30.3 Å². The minimum Gasteiger partial charge on any atom is -0.396 e. The van der Waals surface area contributed by atoms with Crippen molar-refractivity contribution in [3.63, 3.8) is 0 Å². The van der Waals surface area contributed by atoms with Gasteiger partial charge < -0.3 is 5.11 Å². The first kappa shape index (κ1) is 16.5. The number of rotatable bonds is 10. The number of alkyl halides is 1. The molecule has 0 aromatic heterocycles. The molecular formula is C17H27ClO. The smallest absolute Gasteiger partial charge is 0.0716 e. The van der Waals surface area contributed by atoms with E-state index in [0.717, 1.165) is 18.4 Å². The predicted molar refractivity (Wildman–Crippen MR) is 83.7 cm³/mol. The van der Waals surface area contributed by atoms with Crippen molar-refractivity contribution >= 4 is 11.6 Å². The highest BCUT2D eigenvalue weighted by Gasteiger charge is 2.28. The van der Waals surface area contributed by atoms with Gasteiger partial charge in [-0.05, 0) is 18.4 Å². The maximum absolute atomic E-state index is 9.25. The van der Waals surface area contributed by atoms with E-state index in [0.29, 0.717) is 6.42 Å². The average Bonchev–Trinajstić information content (AvgIpc) is 2.44. The summed E-state index contributed by atoms with van der Waals surface area (Å²) in [6, 6.07) is 10.2. The van der Waals surface area contributed by atoms with Crippen molar-refractivity contribution in [2.45, 2.75) is 63.2 Å². The second-order valence-electron chi connectivity index (χ2n) is 5.32. The van der Waals surface area contributed by atoms with Gasteiger partial charge in [-0.3, -0.25) is 0 Å². The van der Waals surface area contributed by atoms with Crippen LogP contribution in [0.25, 0.3) is 0 Å². The molecule has 0 bridgehead atoms. The molecule has 0 spiro atoms. The highest BCUT2D eigenvalue weighted by Crippen LogP contribution is 2.37. The second-order valence-corrected chi connectivity index (χ2v) is 6.05. The van der Waals surface area contributed by atoms with Crippen LogP contribution in [0, 0.1) is 0 Å². The number of hydrogen-bond donors (Lipinski definition) is 1. The molecule has 0 saturated heterocycles. The van der Waals surface area contributed by atoms with Gasteiger partial charge in [0, 0.05) is 6.61 Å². The monoisotopic (exact) mass is 282 g/mol. The summed E-state index contributed by atoms with van der Waals surface area (Å²) < 4.78 is 0. The molecule has 0 radical (unpaired) electrons. The topological polar surface area (TPSA) is 20.2 Å². The molecule has 1 aromatic carbocycles. The van der Waals surface area contributed by atoms with E-state index < -0.39 is 0 Å². The van der Waals surface area contributed by atoms with Gasteiger partial charge in [0.1, 0.15) is 0 Å². The molecule has 0 fully saturated rings. The molecule has 0 aliphatic carbocycles. The van der Waals surface area contributed by atoms with E-state index in [9.17, 15) is 5.11 Å². The summed E-state index contributed by atoms with van der Waals surface area (Å²) in [6.45, 7) is 2.38. The molecule has 1 unspecified atom stereocenters. The standard InChI is InChI=1S/C17H27ClO/c1-2-3-4-5-6-10-13-17(18,14-15-19)16-11-8-7-9-12-16/h7-9,11-12,19H,2-6,10,13-15H2,1H3. The van der Waals surface area contributed by atoms with Crippen molar-refractivity contribution < 1.29 is 5.11 Å². The van der Waals surface area contributed by atoms with Gasteiger partial charge in [-0.25, -0.2) is 0 Å². The first-order valence-electron chi connectivity index (χ1n) is 7.58. The number of unbranched alkanes of at least 4 members (excludes halogenated alkanes) is 5. The number of benzene rings is 1. The minimum absolute atomic E-state index is 0.147. The molecule has 1 aromatic rings. The van der Waals surface area contributed by atoms with E-state index in [1.807, 2.05) is 18.2 Å². The number of aliphatic hydroxyl groups excluding tert-OH is 1. The molecule has 108 valence electrons. The molecule has 19 heavy (non-hydrogen) atoms. The maximum atomic E-state index is 9.25. The Bertz CT molecular complexity index is 325. The molecule has 1 rings (SSSR count). The Morgan fingerprint density at radius 3 is 2.21 bits per heavy atom. The normalized spacial score (nSPS) is 14.3. The minimum atomic E-state index is -0.388. The summed E-state index contributed by atoms with van der Waals surface area (Å²) in [6.07, 6.45) is 9.22. The molecule has 0 aliphatic rings. The third kappa shape index (κ3) is 5.97. The Labute approximate surface area is 123 Å². The van der Waals surface area contributed by atoms with E-state index in [1.165, 1.54) is 32.1 Å². The van der Waals surface area contributed by atoms with Crippen LogP contribution in [0.1, 0.15) is 63.9 Å². The van der Waals surface area contributed by atoms with Crippen molar-refractivity contribution in [3.05, 3.63) is 35.9 Å². The second kappa shape index (κ2) is 9.39. The van der Waals surface area contributed by atoms with Crippen molar-refractivity contribution in [2.24, 2.45) is 0 Å². The van der Waals surface area contributed by atoms with Crippen LogP contribution >= 0.6 is 11.6 Å². The van der Waals surface area contributed by atoms with Crippen molar-refractivity contribution in [2.75, 3.05) is 6.61 Å². The SMILES string of the molecule is CCCCCCCCC(Cl)(CCO)c1ccccc1. The zero-order valence-corrected chi connectivity index (χ0v) is 12.8. The van der Waals surface area contributed by atoms with Crippen molar-refractivity contribution in [1.29, 1.82) is 0 Å². The first-order valence-corrected chi connectivity index (χ1v) is 7.96. The van der Waals surface area contributed by atoms with E-state index in [-0.39, 0.29) is 11.5 Å². The zero-order valence-electron chi connectivity index (χ0n) is 12.1. The van der Waals surface area contributed by atoms with Crippen LogP contribution in [-0.4, -0.2) is 11.7 Å². The van der Waals surface area contributed by atoms with Crippen molar-refractivity contribution in [3.8, 4) is 0 Å². The summed E-state index contributed by atoms with van der Waals surface area (Å²) in [5.41, 5.74) is 1.14. The van der Waals surface area contributed by atoms with E-state index in [2.05, 4.69) is 19.1 Å². The maximum Gasteiger partial charge on any atom is 0.0716 e. The summed E-state index contributed by atoms with van der Waals surface area (Å²) in [4.78, 5) is -0.388. The molecule has 0 saturated carbocycles. The Morgan fingerprint density at radius 1 is 0.947 bits per heavy atom. The van der Waals surface area contributed by atoms with Gasteiger partial charge in [0.25, 0.3) is 0 Å². The highest BCUT2D eigenvalue weighted by atomic mass is 35.5. The van der Waals surface area contributed by atoms with Gasteiger partial charge in [0.05, 0.1) is 4.87 Å². The molecule has 2 heteroatoms. The fourth-order valence-electron chi connectivity index (χ4n) is 2.51. The molecular weight excluding hydrogens is 256 g/mol. The Morgan fingerprint density at radius 2 is 1.58 bits per heavy atom. The molecule has 0 heterocycles. The van der Waals surface area contributed by atoms with Crippen LogP contribution in [0.3, 0.4) is 0 Å². The van der Waals surface area contributed by atoms with Gasteiger partial charge in [0.2, 0.25) is 0 Å². The van der Waals surface area contributed by atoms with Crippen LogP contribution < -0.4 is 0 Å². The Balaban J connectivity index is 2.44. The molecule has 0 aliphatic heterocycles. The molecule has 1 atom stereocenters. The summed E-state index contributed by atoms with van der Waals surface area (Å²) >= 11 is 6.74. The number of hydrogen-bond acceptors (Lipinski definition) is 1. The Hall–Kier alpha value is -0.530. The quantitative estimate of drug-likeness (QED) is 0.459. The largest absolute Gasteiger partial charge is 0.396 e. The number of halogens is 1. The molecule has 1 N–H and O–H groups in total. The summed E-state index contributed by atoms with van der Waals surface area (Å²) in [5, 5.41) is 9.25. The third-order valence-corrected chi connectivity index (χ3v) is 4.32. The van der Waals surface area contributed by atoms with Gasteiger partial charge in [-0.1, -0.05) is 75.8 Å². The van der Waals surface area contributed by atoms with E-state index >= 15 is 0 Å². The fourth-order valence-corrected chi connectivity index (χ4v) is 2.86. The van der Waals surface area contributed by atoms with E-state index in [4.69, 9.17) is 11.6 Å². The van der Waals surface area contributed by atoms with E-state index in [1.54, 1.807) is 0 Å². The lowest BCUT2D eigenvalue weighted by Gasteiger charge is -2.27. The van der Waals surface area contributed by atoms with Crippen molar-refractivity contribution in [1.82, 2.24) is 0 Å². The predicted octanol–water partition coefficient (Wildman–Crippen LogP) is 5.25.